The van der Waals surface area contributed by atoms with Gasteiger partial charge >= 0.3 is 0 Å². The number of nitrogens with zero attached hydrogens (tertiary/aromatic N) is 2. The Balaban J connectivity index is 1.19. The molecule has 178 valence electrons. The van der Waals surface area contributed by atoms with Crippen LogP contribution >= 0.6 is 0 Å². The summed E-state index contributed by atoms with van der Waals surface area (Å²) in [4.78, 5) is 13.6. The van der Waals surface area contributed by atoms with E-state index in [9.17, 15) is 14.3 Å². The van der Waals surface area contributed by atoms with Crippen molar-refractivity contribution in [2.45, 2.75) is 83.8 Å². The van der Waals surface area contributed by atoms with Crippen LogP contribution in [-0.4, -0.2) is 26.3 Å². The zero-order valence-corrected chi connectivity index (χ0v) is 20.0. The van der Waals surface area contributed by atoms with Gasteiger partial charge in [0.1, 0.15) is 12.4 Å². The van der Waals surface area contributed by atoms with E-state index < -0.39 is 5.60 Å². The summed E-state index contributed by atoms with van der Waals surface area (Å²) in [5.74, 6) is 3.79. The van der Waals surface area contributed by atoms with E-state index in [4.69, 9.17) is 0 Å². The van der Waals surface area contributed by atoms with Crippen LogP contribution < -0.4 is 0 Å². The number of aromatic nitrogens is 2. The molecule has 1 aromatic heterocycles. The Morgan fingerprint density at radius 2 is 1.91 bits per heavy atom. The number of ketones is 1. The first-order chi connectivity index (χ1) is 15.7. The lowest BCUT2D eigenvalue weighted by Gasteiger charge is -2.56. The molecule has 4 aliphatic carbocycles. The van der Waals surface area contributed by atoms with E-state index in [2.05, 4.69) is 12.0 Å². The highest BCUT2D eigenvalue weighted by atomic mass is 19.1. The normalized spacial score (nSPS) is 42.5. The molecule has 0 aliphatic heterocycles. The first kappa shape index (κ1) is 21.8. The van der Waals surface area contributed by atoms with Gasteiger partial charge in [-0.1, -0.05) is 6.92 Å². The minimum absolute atomic E-state index is 0.0975. The lowest BCUT2D eigenvalue weighted by Crippen LogP contribution is -2.51. The fourth-order valence-electron chi connectivity index (χ4n) is 9.05. The second-order valence-corrected chi connectivity index (χ2v) is 12.3. The van der Waals surface area contributed by atoms with Crippen LogP contribution in [0.2, 0.25) is 0 Å². The summed E-state index contributed by atoms with van der Waals surface area (Å²) < 4.78 is 15.3. The van der Waals surface area contributed by atoms with Crippen molar-refractivity contribution in [3.8, 4) is 0 Å². The van der Waals surface area contributed by atoms with Gasteiger partial charge in [-0.25, -0.2) is 4.39 Å². The number of carbonyl (C=O) groups excluding carboxylic acids is 1. The Kier molecular flexibility index (Phi) is 5.03. The van der Waals surface area contributed by atoms with E-state index in [1.807, 2.05) is 6.92 Å². The van der Waals surface area contributed by atoms with Crippen molar-refractivity contribution in [2.75, 3.05) is 0 Å². The highest BCUT2D eigenvalue weighted by Crippen LogP contribution is 2.64. The van der Waals surface area contributed by atoms with Crippen LogP contribution in [0.25, 0.3) is 10.9 Å². The number of hydrogen-bond acceptors (Lipinski definition) is 3. The van der Waals surface area contributed by atoms with Gasteiger partial charge in [0.05, 0.1) is 17.3 Å². The molecular weight excluding hydrogens is 415 g/mol. The molecule has 0 saturated heterocycles. The molecule has 4 fully saturated rings. The molecule has 0 bridgehead atoms. The molecule has 4 saturated carbocycles. The molecule has 1 aromatic carbocycles. The first-order valence-corrected chi connectivity index (χ1v) is 13.1. The van der Waals surface area contributed by atoms with E-state index in [0.29, 0.717) is 17.6 Å². The molecule has 0 radical (unpaired) electrons. The summed E-state index contributed by atoms with van der Waals surface area (Å²) in [5, 5.41) is 15.8. The van der Waals surface area contributed by atoms with E-state index >= 15 is 0 Å². The highest BCUT2D eigenvalue weighted by molar-refractivity contribution is 5.85. The van der Waals surface area contributed by atoms with Crippen LogP contribution in [0.4, 0.5) is 4.39 Å². The predicted octanol–water partition coefficient (Wildman–Crippen LogP) is 5.76. The third-order valence-corrected chi connectivity index (χ3v) is 10.5. The maximum absolute atomic E-state index is 13.6. The quantitative estimate of drug-likeness (QED) is 0.644. The van der Waals surface area contributed by atoms with Crippen LogP contribution in [0, 0.1) is 46.7 Å². The number of halogens is 1. The molecule has 8 atom stereocenters. The summed E-state index contributed by atoms with van der Waals surface area (Å²) in [6.45, 7) is 4.72. The Morgan fingerprint density at radius 1 is 1.09 bits per heavy atom. The fourth-order valence-corrected chi connectivity index (χ4v) is 9.05. The Bertz CT molecular complexity index is 1080. The van der Waals surface area contributed by atoms with Crippen molar-refractivity contribution < 1.29 is 14.3 Å². The number of rotatable bonds is 3. The number of hydrogen-bond donors (Lipinski definition) is 1. The zero-order valence-electron chi connectivity index (χ0n) is 20.0. The molecule has 4 nitrogen and oxygen atoms in total. The van der Waals surface area contributed by atoms with Crippen molar-refractivity contribution in [2.24, 2.45) is 40.9 Å². The highest BCUT2D eigenvalue weighted by Gasteiger charge is 2.58. The van der Waals surface area contributed by atoms with Gasteiger partial charge in [0.15, 0.2) is 5.78 Å². The molecule has 4 aliphatic rings. The molecule has 6 rings (SSSR count). The Hall–Kier alpha value is -1.75. The summed E-state index contributed by atoms with van der Waals surface area (Å²) >= 11 is 0. The van der Waals surface area contributed by atoms with E-state index in [1.54, 1.807) is 16.9 Å². The van der Waals surface area contributed by atoms with Crippen molar-refractivity contribution >= 4 is 16.7 Å². The van der Waals surface area contributed by atoms with Crippen molar-refractivity contribution in [3.05, 3.63) is 30.2 Å². The van der Waals surface area contributed by atoms with Crippen molar-refractivity contribution in [3.63, 3.8) is 0 Å². The molecule has 5 heteroatoms. The SMILES string of the molecule is CC1(O)CCC2C(CCC3C2CCC2(C)C(C(=O)Cn4ncc5cc(F)ccc54)CCC32)C1. The van der Waals surface area contributed by atoms with Gasteiger partial charge in [0, 0.05) is 11.3 Å². The minimum atomic E-state index is -0.468. The van der Waals surface area contributed by atoms with Gasteiger partial charge in [-0.05, 0) is 118 Å². The molecular formula is C28H37FN2O2. The summed E-state index contributed by atoms with van der Waals surface area (Å²) in [6.07, 6.45) is 11.9. The number of Topliss-reactive ketones (excluding diaryl/α,β-unsaturated/α-hetero) is 1. The smallest absolute Gasteiger partial charge is 0.157 e. The topological polar surface area (TPSA) is 55.1 Å². The maximum Gasteiger partial charge on any atom is 0.157 e. The van der Waals surface area contributed by atoms with Crippen molar-refractivity contribution in [1.29, 1.82) is 0 Å². The summed E-state index contributed by atoms with van der Waals surface area (Å²) in [5.41, 5.74) is 0.463. The van der Waals surface area contributed by atoms with Gasteiger partial charge in [0.25, 0.3) is 0 Å². The van der Waals surface area contributed by atoms with Crippen LogP contribution in [0.1, 0.15) is 71.6 Å². The maximum atomic E-state index is 13.6. The van der Waals surface area contributed by atoms with Gasteiger partial charge < -0.3 is 5.11 Å². The lowest BCUT2D eigenvalue weighted by molar-refractivity contribution is -0.133. The molecule has 0 spiro atoms. The average molecular weight is 453 g/mol. The van der Waals surface area contributed by atoms with Crippen LogP contribution in [0.15, 0.2) is 24.4 Å². The second kappa shape index (κ2) is 7.63. The number of fused-ring (bicyclic) bond motifs is 6. The van der Waals surface area contributed by atoms with Gasteiger partial charge in [0.2, 0.25) is 0 Å². The number of aliphatic hydroxyl groups is 1. The standard InChI is InChI=1S/C28H37FN2O2/c1-27(33)11-9-20-17(14-27)3-5-22-21(20)10-12-28(2)23(22)6-7-24(28)26(32)16-31-25-8-4-19(29)13-18(25)15-30-31/h4,8,13,15,17,20-24,33H,3,5-7,9-12,14,16H2,1-2H3. The number of benzene rings is 1. The van der Waals surface area contributed by atoms with Crippen molar-refractivity contribution in [1.82, 2.24) is 9.78 Å². The molecule has 1 heterocycles. The van der Waals surface area contributed by atoms with E-state index in [-0.39, 0.29) is 23.7 Å². The van der Waals surface area contributed by atoms with Gasteiger partial charge in [-0.3, -0.25) is 9.48 Å². The monoisotopic (exact) mass is 452 g/mol. The summed E-state index contributed by atoms with van der Waals surface area (Å²) in [7, 11) is 0. The summed E-state index contributed by atoms with van der Waals surface area (Å²) in [6, 6.07) is 4.66. The molecule has 0 amide bonds. The zero-order chi connectivity index (χ0) is 23.0. The largest absolute Gasteiger partial charge is 0.390 e. The molecule has 2 aromatic rings. The molecule has 1 N–H and O–H groups in total. The number of carbonyl (C=O) groups is 1. The van der Waals surface area contributed by atoms with Gasteiger partial charge in [-0.2, -0.15) is 5.10 Å². The third kappa shape index (κ3) is 3.48. The first-order valence-electron chi connectivity index (χ1n) is 13.1. The van der Waals surface area contributed by atoms with E-state index in [0.717, 1.165) is 54.3 Å². The fraction of sp³-hybridized carbons (Fsp3) is 0.714. The minimum Gasteiger partial charge on any atom is -0.390 e. The van der Waals surface area contributed by atoms with Crippen LogP contribution in [-0.2, 0) is 11.3 Å². The Labute approximate surface area is 195 Å². The van der Waals surface area contributed by atoms with Crippen LogP contribution in [0.3, 0.4) is 0 Å². The van der Waals surface area contributed by atoms with Crippen LogP contribution in [0.5, 0.6) is 0 Å². The Morgan fingerprint density at radius 3 is 2.76 bits per heavy atom. The van der Waals surface area contributed by atoms with Gasteiger partial charge in [-0.15, -0.1) is 0 Å². The second-order valence-electron chi connectivity index (χ2n) is 12.3. The average Bonchev–Trinajstić information content (AvgIpc) is 3.32. The predicted molar refractivity (Wildman–Crippen MR) is 126 cm³/mol. The van der Waals surface area contributed by atoms with E-state index in [1.165, 1.54) is 44.2 Å². The molecule has 33 heavy (non-hydrogen) atoms. The molecule has 8 unspecified atom stereocenters. The third-order valence-electron chi connectivity index (χ3n) is 10.5. The lowest BCUT2D eigenvalue weighted by atomic mass is 9.49.